The van der Waals surface area contributed by atoms with Crippen molar-refractivity contribution in [2.24, 2.45) is 7.05 Å². The maximum Gasteiger partial charge on any atom is 0.251 e. The lowest BCUT2D eigenvalue weighted by atomic mass is 10.2. The molecule has 4 nitrogen and oxygen atoms in total. The van der Waals surface area contributed by atoms with Crippen LogP contribution in [-0.4, -0.2) is 17.0 Å². The average molecular weight is 257 g/mol. The average Bonchev–Trinajstić information content (AvgIpc) is 2.83. The fourth-order valence-corrected chi connectivity index (χ4v) is 1.90. The van der Waals surface area contributed by atoms with Crippen molar-refractivity contribution in [1.82, 2.24) is 9.88 Å². The van der Waals surface area contributed by atoms with Crippen molar-refractivity contribution in [2.75, 3.05) is 11.9 Å². The van der Waals surface area contributed by atoms with E-state index in [1.807, 2.05) is 49.0 Å². The van der Waals surface area contributed by atoms with Gasteiger partial charge in [-0.2, -0.15) is 0 Å². The Morgan fingerprint density at radius 3 is 2.84 bits per heavy atom. The molecule has 0 aliphatic carbocycles. The maximum atomic E-state index is 11.7. The summed E-state index contributed by atoms with van der Waals surface area (Å²) >= 11 is 0. The van der Waals surface area contributed by atoms with E-state index in [2.05, 4.69) is 22.9 Å². The molecule has 0 atom stereocenters. The van der Waals surface area contributed by atoms with Gasteiger partial charge >= 0.3 is 0 Å². The summed E-state index contributed by atoms with van der Waals surface area (Å²) < 4.78 is 2.02. The van der Waals surface area contributed by atoms with E-state index < -0.39 is 0 Å². The lowest BCUT2D eigenvalue weighted by Gasteiger charge is -2.07. The Bertz CT molecular complexity index is 560. The van der Waals surface area contributed by atoms with Gasteiger partial charge < -0.3 is 15.2 Å². The van der Waals surface area contributed by atoms with Crippen molar-refractivity contribution < 1.29 is 4.79 Å². The number of rotatable bonds is 5. The zero-order chi connectivity index (χ0) is 13.7. The number of benzene rings is 1. The predicted octanol–water partition coefficient (Wildman–Crippen LogP) is 2.39. The van der Waals surface area contributed by atoms with Crippen molar-refractivity contribution in [3.63, 3.8) is 0 Å². The highest BCUT2D eigenvalue weighted by Gasteiger charge is 2.04. The topological polar surface area (TPSA) is 46.1 Å². The standard InChI is InChI=1S/C15H19N3O/c1-3-16-15(19)13-5-4-6-14(9-13)17-10-12-7-8-18(2)11-12/h4-9,11,17H,3,10H2,1-2H3,(H,16,19). The summed E-state index contributed by atoms with van der Waals surface area (Å²) in [5.41, 5.74) is 2.85. The van der Waals surface area contributed by atoms with Gasteiger partial charge in [0, 0.05) is 43.8 Å². The molecule has 0 bridgehead atoms. The summed E-state index contributed by atoms with van der Waals surface area (Å²) in [7, 11) is 2.00. The van der Waals surface area contributed by atoms with Gasteiger partial charge in [0.05, 0.1) is 0 Å². The van der Waals surface area contributed by atoms with E-state index in [9.17, 15) is 4.79 Å². The van der Waals surface area contributed by atoms with Gasteiger partial charge in [0.15, 0.2) is 0 Å². The van der Waals surface area contributed by atoms with Crippen molar-refractivity contribution in [3.05, 3.63) is 53.9 Å². The van der Waals surface area contributed by atoms with Gasteiger partial charge in [0.2, 0.25) is 0 Å². The van der Waals surface area contributed by atoms with Crippen LogP contribution in [-0.2, 0) is 13.6 Å². The van der Waals surface area contributed by atoms with Gasteiger partial charge in [0.1, 0.15) is 0 Å². The molecule has 0 spiro atoms. The van der Waals surface area contributed by atoms with E-state index in [0.29, 0.717) is 12.1 Å². The third-order valence-electron chi connectivity index (χ3n) is 2.85. The van der Waals surface area contributed by atoms with E-state index in [0.717, 1.165) is 12.2 Å². The van der Waals surface area contributed by atoms with Gasteiger partial charge in [-0.05, 0) is 36.8 Å². The lowest BCUT2D eigenvalue weighted by molar-refractivity contribution is 0.0956. The zero-order valence-electron chi connectivity index (χ0n) is 11.3. The predicted molar refractivity (Wildman–Crippen MR) is 77.2 cm³/mol. The first-order chi connectivity index (χ1) is 9.19. The summed E-state index contributed by atoms with van der Waals surface area (Å²) in [4.78, 5) is 11.7. The Labute approximate surface area is 113 Å². The first-order valence-corrected chi connectivity index (χ1v) is 6.42. The number of nitrogens with zero attached hydrogens (tertiary/aromatic N) is 1. The second-order valence-corrected chi connectivity index (χ2v) is 4.48. The fourth-order valence-electron chi connectivity index (χ4n) is 1.90. The van der Waals surface area contributed by atoms with Crippen LogP contribution in [0.25, 0.3) is 0 Å². The van der Waals surface area contributed by atoms with Gasteiger partial charge in [-0.25, -0.2) is 0 Å². The molecule has 1 aromatic heterocycles. The first kappa shape index (κ1) is 13.2. The second-order valence-electron chi connectivity index (χ2n) is 4.48. The molecule has 4 heteroatoms. The molecule has 0 saturated heterocycles. The third kappa shape index (κ3) is 3.61. The zero-order valence-corrected chi connectivity index (χ0v) is 11.3. The summed E-state index contributed by atoms with van der Waals surface area (Å²) in [5, 5.41) is 6.11. The van der Waals surface area contributed by atoms with Gasteiger partial charge in [0.25, 0.3) is 5.91 Å². The molecule has 2 rings (SSSR count). The minimum absolute atomic E-state index is 0.0362. The highest BCUT2D eigenvalue weighted by atomic mass is 16.1. The SMILES string of the molecule is CCNC(=O)c1cccc(NCc2ccn(C)c2)c1. The van der Waals surface area contributed by atoms with Crippen molar-refractivity contribution in [2.45, 2.75) is 13.5 Å². The first-order valence-electron chi connectivity index (χ1n) is 6.42. The summed E-state index contributed by atoms with van der Waals surface area (Å²) in [6, 6.07) is 9.61. The molecule has 19 heavy (non-hydrogen) atoms. The Morgan fingerprint density at radius 1 is 1.32 bits per heavy atom. The van der Waals surface area contributed by atoms with E-state index in [1.54, 1.807) is 0 Å². The number of carbonyl (C=O) groups excluding carboxylic acids is 1. The van der Waals surface area contributed by atoms with Gasteiger partial charge in [-0.3, -0.25) is 4.79 Å². The molecule has 0 saturated carbocycles. The quantitative estimate of drug-likeness (QED) is 0.864. The molecular formula is C15H19N3O. The van der Waals surface area contributed by atoms with Crippen molar-refractivity contribution in [1.29, 1.82) is 0 Å². The molecule has 0 radical (unpaired) electrons. The second kappa shape index (κ2) is 6.09. The van der Waals surface area contributed by atoms with Crippen LogP contribution in [0, 0.1) is 0 Å². The van der Waals surface area contributed by atoms with E-state index in [-0.39, 0.29) is 5.91 Å². The van der Waals surface area contributed by atoms with E-state index in [4.69, 9.17) is 0 Å². The number of aromatic nitrogens is 1. The molecule has 1 heterocycles. The fraction of sp³-hybridized carbons (Fsp3) is 0.267. The van der Waals surface area contributed by atoms with Crippen LogP contribution in [0.4, 0.5) is 5.69 Å². The summed E-state index contributed by atoms with van der Waals surface area (Å²) in [6.45, 7) is 3.30. The third-order valence-corrected chi connectivity index (χ3v) is 2.85. The Balaban J connectivity index is 2.00. The van der Waals surface area contributed by atoms with Crippen molar-refractivity contribution in [3.8, 4) is 0 Å². The van der Waals surface area contributed by atoms with Crippen LogP contribution >= 0.6 is 0 Å². The molecule has 2 aromatic rings. The molecule has 0 aliphatic heterocycles. The monoisotopic (exact) mass is 257 g/mol. The molecular weight excluding hydrogens is 238 g/mol. The van der Waals surface area contributed by atoms with Crippen LogP contribution in [0.15, 0.2) is 42.7 Å². The molecule has 1 amide bonds. The lowest BCUT2D eigenvalue weighted by Crippen LogP contribution is -2.22. The highest BCUT2D eigenvalue weighted by Crippen LogP contribution is 2.12. The van der Waals surface area contributed by atoms with Crippen LogP contribution in [0.2, 0.25) is 0 Å². The molecule has 0 unspecified atom stereocenters. The number of carbonyl (C=O) groups is 1. The van der Waals surface area contributed by atoms with Crippen molar-refractivity contribution >= 4 is 11.6 Å². The van der Waals surface area contributed by atoms with Crippen LogP contribution < -0.4 is 10.6 Å². The van der Waals surface area contributed by atoms with Crippen LogP contribution in [0.5, 0.6) is 0 Å². The summed E-state index contributed by atoms with van der Waals surface area (Å²) in [6.07, 6.45) is 4.09. The van der Waals surface area contributed by atoms with Crippen LogP contribution in [0.3, 0.4) is 0 Å². The number of hydrogen-bond donors (Lipinski definition) is 2. The molecule has 100 valence electrons. The Morgan fingerprint density at radius 2 is 2.16 bits per heavy atom. The number of aryl methyl sites for hydroxylation is 1. The van der Waals surface area contributed by atoms with Crippen LogP contribution in [0.1, 0.15) is 22.8 Å². The van der Waals surface area contributed by atoms with Gasteiger partial charge in [-0.1, -0.05) is 6.07 Å². The molecule has 0 fully saturated rings. The Kier molecular flexibility index (Phi) is 4.23. The number of anilines is 1. The Hall–Kier alpha value is -2.23. The number of nitrogens with one attached hydrogen (secondary N) is 2. The minimum Gasteiger partial charge on any atom is -0.381 e. The minimum atomic E-state index is -0.0362. The molecule has 1 aromatic carbocycles. The largest absolute Gasteiger partial charge is 0.381 e. The summed E-state index contributed by atoms with van der Waals surface area (Å²) in [5.74, 6) is -0.0362. The van der Waals surface area contributed by atoms with E-state index >= 15 is 0 Å². The number of hydrogen-bond acceptors (Lipinski definition) is 2. The van der Waals surface area contributed by atoms with E-state index in [1.165, 1.54) is 5.56 Å². The smallest absolute Gasteiger partial charge is 0.251 e. The molecule has 2 N–H and O–H groups in total. The highest BCUT2D eigenvalue weighted by molar-refractivity contribution is 5.95. The molecule has 0 aliphatic rings. The number of amides is 1. The maximum absolute atomic E-state index is 11.7. The van der Waals surface area contributed by atoms with Gasteiger partial charge in [-0.15, -0.1) is 0 Å². The normalized spacial score (nSPS) is 10.2.